The number of likely N-dealkylation sites (N-methyl/N-ethyl adjacent to an activating group) is 1. The van der Waals surface area contributed by atoms with Crippen LogP contribution in [-0.2, 0) is 14.2 Å². The topological polar surface area (TPSA) is 39.7 Å². The van der Waals surface area contributed by atoms with Gasteiger partial charge in [0.1, 0.15) is 0 Å². The van der Waals surface area contributed by atoms with Crippen LogP contribution in [0.2, 0.25) is 0 Å². The summed E-state index contributed by atoms with van der Waals surface area (Å²) in [7, 11) is 2.07. The quantitative estimate of drug-likeness (QED) is 0.802. The van der Waals surface area contributed by atoms with Crippen LogP contribution in [0.15, 0.2) is 0 Å². The average molecular weight is 271 g/mol. The minimum absolute atomic E-state index is 0.0277. The smallest absolute Gasteiger partial charge is 0.0878 e. The van der Waals surface area contributed by atoms with Crippen LogP contribution >= 0.6 is 0 Å². The zero-order valence-electron chi connectivity index (χ0n) is 12.5. The molecule has 2 rings (SSSR count). The third-order valence-electron chi connectivity index (χ3n) is 4.66. The van der Waals surface area contributed by atoms with E-state index in [0.717, 1.165) is 51.8 Å². The van der Waals surface area contributed by atoms with Crippen LogP contribution in [0.3, 0.4) is 0 Å². The van der Waals surface area contributed by atoms with Gasteiger partial charge in [0.2, 0.25) is 0 Å². The largest absolute Gasteiger partial charge is 0.381 e. The predicted molar refractivity (Wildman–Crippen MR) is 75.4 cm³/mol. The number of nitrogens with one attached hydrogen (secondary N) is 1. The Labute approximate surface area is 117 Å². The molecule has 0 spiro atoms. The van der Waals surface area contributed by atoms with Crippen LogP contribution < -0.4 is 5.32 Å². The summed E-state index contributed by atoms with van der Waals surface area (Å²) < 4.78 is 17.2. The molecular weight excluding hydrogens is 242 g/mol. The first-order valence-electron chi connectivity index (χ1n) is 7.77. The fourth-order valence-corrected chi connectivity index (χ4v) is 3.51. The van der Waals surface area contributed by atoms with E-state index in [9.17, 15) is 0 Å². The SMILES string of the molecule is CCOC1(C(CC2CCOCC2)NC)CCOCC1. The van der Waals surface area contributed by atoms with Gasteiger partial charge in [-0.15, -0.1) is 0 Å². The third kappa shape index (κ3) is 3.91. The lowest BCUT2D eigenvalue weighted by Crippen LogP contribution is -2.55. The predicted octanol–water partition coefficient (Wildman–Crippen LogP) is 1.98. The van der Waals surface area contributed by atoms with Gasteiger partial charge < -0.3 is 19.5 Å². The first kappa shape index (κ1) is 15.2. The number of ether oxygens (including phenoxy) is 3. The summed E-state index contributed by atoms with van der Waals surface area (Å²) in [4.78, 5) is 0. The fraction of sp³-hybridized carbons (Fsp3) is 1.00. The Morgan fingerprint density at radius 2 is 1.79 bits per heavy atom. The van der Waals surface area contributed by atoms with Crippen molar-refractivity contribution in [2.24, 2.45) is 5.92 Å². The van der Waals surface area contributed by atoms with E-state index < -0.39 is 0 Å². The van der Waals surface area contributed by atoms with Crippen LogP contribution in [0.5, 0.6) is 0 Å². The van der Waals surface area contributed by atoms with Crippen LogP contribution in [0.4, 0.5) is 0 Å². The molecule has 2 aliphatic heterocycles. The van der Waals surface area contributed by atoms with E-state index in [0.29, 0.717) is 6.04 Å². The molecule has 0 aromatic rings. The van der Waals surface area contributed by atoms with Crippen LogP contribution in [-0.4, -0.2) is 51.7 Å². The van der Waals surface area contributed by atoms with Crippen molar-refractivity contribution in [2.75, 3.05) is 40.1 Å². The summed E-state index contributed by atoms with van der Waals surface area (Å²) in [6.07, 6.45) is 5.60. The Hall–Kier alpha value is -0.160. The van der Waals surface area contributed by atoms with Gasteiger partial charge in [0.05, 0.1) is 5.60 Å². The van der Waals surface area contributed by atoms with Gasteiger partial charge in [-0.1, -0.05) is 0 Å². The third-order valence-corrected chi connectivity index (χ3v) is 4.66. The Kier molecular flexibility index (Phi) is 6.07. The normalized spacial score (nSPS) is 26.2. The summed E-state index contributed by atoms with van der Waals surface area (Å²) in [5.41, 5.74) is -0.0277. The first-order chi connectivity index (χ1) is 9.30. The lowest BCUT2D eigenvalue weighted by atomic mass is 9.79. The Morgan fingerprint density at radius 1 is 1.16 bits per heavy atom. The summed E-state index contributed by atoms with van der Waals surface area (Å²) in [6, 6.07) is 0.430. The maximum absolute atomic E-state index is 6.19. The van der Waals surface area contributed by atoms with Crippen LogP contribution in [0, 0.1) is 5.92 Å². The van der Waals surface area contributed by atoms with E-state index in [4.69, 9.17) is 14.2 Å². The maximum atomic E-state index is 6.19. The molecule has 4 heteroatoms. The van der Waals surface area contributed by atoms with Crippen molar-refractivity contribution in [1.29, 1.82) is 0 Å². The van der Waals surface area contributed by atoms with Crippen molar-refractivity contribution in [1.82, 2.24) is 5.32 Å². The zero-order valence-corrected chi connectivity index (χ0v) is 12.5. The van der Waals surface area contributed by atoms with Crippen molar-refractivity contribution in [2.45, 2.75) is 50.7 Å². The lowest BCUT2D eigenvalue weighted by Gasteiger charge is -2.44. The molecule has 0 aromatic heterocycles. The number of rotatable bonds is 6. The molecule has 0 bridgehead atoms. The zero-order chi connectivity index (χ0) is 13.6. The van der Waals surface area contributed by atoms with Gasteiger partial charge in [-0.25, -0.2) is 0 Å². The molecule has 2 saturated heterocycles. The molecule has 1 N–H and O–H groups in total. The van der Waals surface area contributed by atoms with Gasteiger partial charge >= 0.3 is 0 Å². The van der Waals surface area contributed by atoms with Crippen molar-refractivity contribution >= 4 is 0 Å². The van der Waals surface area contributed by atoms with Gasteiger partial charge in [0.25, 0.3) is 0 Å². The van der Waals surface area contributed by atoms with E-state index >= 15 is 0 Å². The Balaban J connectivity index is 1.98. The summed E-state index contributed by atoms with van der Waals surface area (Å²) >= 11 is 0. The highest BCUT2D eigenvalue weighted by molar-refractivity contribution is 4.95. The second kappa shape index (κ2) is 7.58. The molecule has 0 aliphatic carbocycles. The molecule has 1 atom stereocenters. The second-order valence-electron chi connectivity index (χ2n) is 5.74. The highest BCUT2D eigenvalue weighted by Gasteiger charge is 2.41. The highest BCUT2D eigenvalue weighted by atomic mass is 16.5. The molecule has 0 amide bonds. The molecule has 112 valence electrons. The first-order valence-corrected chi connectivity index (χ1v) is 7.77. The molecule has 0 saturated carbocycles. The molecule has 1 unspecified atom stereocenters. The Bertz CT molecular complexity index is 242. The van der Waals surface area contributed by atoms with E-state index in [1.54, 1.807) is 0 Å². The molecule has 19 heavy (non-hydrogen) atoms. The van der Waals surface area contributed by atoms with Crippen molar-refractivity contribution in [3.63, 3.8) is 0 Å². The monoisotopic (exact) mass is 271 g/mol. The minimum Gasteiger partial charge on any atom is -0.381 e. The highest BCUT2D eigenvalue weighted by Crippen LogP contribution is 2.33. The van der Waals surface area contributed by atoms with E-state index in [-0.39, 0.29) is 5.60 Å². The molecule has 4 nitrogen and oxygen atoms in total. The molecular formula is C15H29NO3. The molecule has 2 fully saturated rings. The van der Waals surface area contributed by atoms with Gasteiger partial charge in [0.15, 0.2) is 0 Å². The molecule has 0 aromatic carbocycles. The van der Waals surface area contributed by atoms with Gasteiger partial charge in [-0.3, -0.25) is 0 Å². The molecule has 2 aliphatic rings. The Morgan fingerprint density at radius 3 is 2.37 bits per heavy atom. The standard InChI is InChI=1S/C15H29NO3/c1-3-19-15(6-10-18-11-7-15)14(16-2)12-13-4-8-17-9-5-13/h13-14,16H,3-12H2,1-2H3. The summed E-state index contributed by atoms with van der Waals surface area (Å²) in [6.45, 7) is 6.37. The number of hydrogen-bond acceptors (Lipinski definition) is 4. The van der Waals surface area contributed by atoms with Crippen molar-refractivity contribution in [3.8, 4) is 0 Å². The van der Waals surface area contributed by atoms with E-state index in [1.165, 1.54) is 19.3 Å². The van der Waals surface area contributed by atoms with Gasteiger partial charge in [-0.2, -0.15) is 0 Å². The van der Waals surface area contributed by atoms with Crippen LogP contribution in [0.1, 0.15) is 39.0 Å². The maximum Gasteiger partial charge on any atom is 0.0878 e. The summed E-state index contributed by atoms with van der Waals surface area (Å²) in [5.74, 6) is 0.770. The van der Waals surface area contributed by atoms with Crippen molar-refractivity contribution in [3.05, 3.63) is 0 Å². The average Bonchev–Trinajstić information content (AvgIpc) is 2.47. The van der Waals surface area contributed by atoms with E-state index in [1.807, 2.05) is 0 Å². The fourth-order valence-electron chi connectivity index (χ4n) is 3.51. The van der Waals surface area contributed by atoms with Crippen LogP contribution in [0.25, 0.3) is 0 Å². The van der Waals surface area contributed by atoms with Crippen molar-refractivity contribution < 1.29 is 14.2 Å². The van der Waals surface area contributed by atoms with Gasteiger partial charge in [0, 0.05) is 51.9 Å². The summed E-state index contributed by atoms with van der Waals surface area (Å²) in [5, 5.41) is 3.52. The minimum atomic E-state index is -0.0277. The van der Waals surface area contributed by atoms with Gasteiger partial charge in [-0.05, 0) is 39.2 Å². The molecule has 0 radical (unpaired) electrons. The molecule has 2 heterocycles. The number of hydrogen-bond donors (Lipinski definition) is 1. The lowest BCUT2D eigenvalue weighted by molar-refractivity contribution is -0.130. The van der Waals surface area contributed by atoms with E-state index in [2.05, 4.69) is 19.3 Å². The second-order valence-corrected chi connectivity index (χ2v) is 5.74.